The lowest BCUT2D eigenvalue weighted by Crippen LogP contribution is -2.01. The number of aromatic nitrogens is 4. The molecule has 1 aliphatic rings. The van der Waals surface area contributed by atoms with Gasteiger partial charge in [-0.1, -0.05) is 28.8 Å². The summed E-state index contributed by atoms with van der Waals surface area (Å²) in [5.74, 6) is 1.12. The fraction of sp³-hybridized carbons (Fsp3) is 0.333. The van der Waals surface area contributed by atoms with Crippen LogP contribution in [0, 0.1) is 0 Å². The molecule has 2 heterocycles. The molecule has 0 aliphatic heterocycles. The molecule has 1 aromatic carbocycles. The summed E-state index contributed by atoms with van der Waals surface area (Å²) in [5.41, 5.74) is 8.99. The van der Waals surface area contributed by atoms with E-state index in [4.69, 9.17) is 10.8 Å². The maximum atomic E-state index is 6.08. The third-order valence-corrected chi connectivity index (χ3v) is 4.78. The first kappa shape index (κ1) is 12.9. The summed E-state index contributed by atoms with van der Waals surface area (Å²) in [7, 11) is 0. The van der Waals surface area contributed by atoms with Crippen LogP contribution in [-0.2, 0) is 0 Å². The third kappa shape index (κ3) is 2.05. The van der Waals surface area contributed by atoms with Gasteiger partial charge in [-0.15, -0.1) is 0 Å². The number of nitrogens with zero attached hydrogens (tertiary/aromatic N) is 3. The number of benzene rings is 1. The highest BCUT2D eigenvalue weighted by Crippen LogP contribution is 2.38. The van der Waals surface area contributed by atoms with Crippen LogP contribution < -0.4 is 5.73 Å². The molecule has 1 saturated carbocycles. The molecule has 5 nitrogen and oxygen atoms in total. The summed E-state index contributed by atoms with van der Waals surface area (Å²) in [6.07, 6.45) is 4.93. The first-order valence-corrected chi connectivity index (χ1v) is 8.02. The predicted molar refractivity (Wildman–Crippen MR) is 86.5 cm³/mol. The summed E-state index contributed by atoms with van der Waals surface area (Å²) in [5, 5.41) is 13.1. The molecule has 0 radical (unpaired) electrons. The average molecular weight is 346 g/mol. The summed E-state index contributed by atoms with van der Waals surface area (Å²) in [6, 6.07) is 8.07. The molecule has 0 unspecified atom stereocenters. The second-order valence-corrected chi connectivity index (χ2v) is 6.51. The van der Waals surface area contributed by atoms with Crippen molar-refractivity contribution in [2.45, 2.75) is 31.6 Å². The Hall–Kier alpha value is -1.82. The molecule has 6 heteroatoms. The van der Waals surface area contributed by atoms with Crippen molar-refractivity contribution >= 4 is 32.8 Å². The standard InChI is InChI=1S/C15H16BrN5/c16-10-5-7-11(8-6-10)21-15-12(14(17)18-19-15)13(20-21)9-3-1-2-4-9/h5-9H,1-4H2,(H3,17,18,19). The van der Waals surface area contributed by atoms with Gasteiger partial charge in [-0.05, 0) is 37.1 Å². The largest absolute Gasteiger partial charge is 0.383 e. The molecular weight excluding hydrogens is 330 g/mol. The van der Waals surface area contributed by atoms with E-state index in [1.165, 1.54) is 25.7 Å². The van der Waals surface area contributed by atoms with Crippen LogP contribution in [0.25, 0.3) is 16.7 Å². The monoisotopic (exact) mass is 345 g/mol. The van der Waals surface area contributed by atoms with Gasteiger partial charge in [0.2, 0.25) is 0 Å². The molecule has 3 aromatic rings. The van der Waals surface area contributed by atoms with Crippen molar-refractivity contribution in [1.82, 2.24) is 20.0 Å². The van der Waals surface area contributed by atoms with Crippen molar-refractivity contribution in [3.63, 3.8) is 0 Å². The minimum absolute atomic E-state index is 0.504. The van der Waals surface area contributed by atoms with E-state index in [0.29, 0.717) is 11.7 Å². The van der Waals surface area contributed by atoms with Gasteiger partial charge in [0.1, 0.15) is 5.82 Å². The van der Waals surface area contributed by atoms with Gasteiger partial charge < -0.3 is 5.73 Å². The van der Waals surface area contributed by atoms with Crippen molar-refractivity contribution in [2.24, 2.45) is 0 Å². The zero-order valence-electron chi connectivity index (χ0n) is 11.5. The Morgan fingerprint density at radius 1 is 1.19 bits per heavy atom. The molecule has 21 heavy (non-hydrogen) atoms. The Labute approximate surface area is 130 Å². The van der Waals surface area contributed by atoms with Gasteiger partial charge in [-0.25, -0.2) is 4.68 Å². The highest BCUT2D eigenvalue weighted by Gasteiger charge is 2.26. The van der Waals surface area contributed by atoms with Crippen LogP contribution in [0.15, 0.2) is 28.7 Å². The molecule has 3 N–H and O–H groups in total. The molecule has 1 aliphatic carbocycles. The van der Waals surface area contributed by atoms with E-state index >= 15 is 0 Å². The Morgan fingerprint density at radius 3 is 2.62 bits per heavy atom. The van der Waals surface area contributed by atoms with Gasteiger partial charge >= 0.3 is 0 Å². The maximum absolute atomic E-state index is 6.08. The number of H-pyrrole nitrogens is 1. The third-order valence-electron chi connectivity index (χ3n) is 4.25. The van der Waals surface area contributed by atoms with Gasteiger partial charge in [0, 0.05) is 10.4 Å². The highest BCUT2D eigenvalue weighted by molar-refractivity contribution is 9.10. The number of nitrogen functional groups attached to an aromatic ring is 1. The number of rotatable bonds is 2. The second kappa shape index (κ2) is 4.87. The van der Waals surface area contributed by atoms with E-state index in [1.807, 2.05) is 28.9 Å². The number of hydrogen-bond acceptors (Lipinski definition) is 3. The zero-order valence-corrected chi connectivity index (χ0v) is 13.1. The molecule has 0 atom stereocenters. The quantitative estimate of drug-likeness (QED) is 0.742. The zero-order chi connectivity index (χ0) is 14.4. The molecule has 0 spiro atoms. The molecule has 0 bridgehead atoms. The van der Waals surface area contributed by atoms with E-state index in [-0.39, 0.29) is 0 Å². The normalized spacial score (nSPS) is 16.0. The van der Waals surface area contributed by atoms with Gasteiger partial charge in [-0.2, -0.15) is 10.2 Å². The van der Waals surface area contributed by atoms with Crippen LogP contribution in [0.1, 0.15) is 37.3 Å². The number of nitrogens with one attached hydrogen (secondary N) is 1. The van der Waals surface area contributed by atoms with Crippen molar-refractivity contribution in [3.8, 4) is 5.69 Å². The summed E-state index contributed by atoms with van der Waals surface area (Å²) in [4.78, 5) is 0. The molecule has 1 fully saturated rings. The van der Waals surface area contributed by atoms with Gasteiger partial charge in [0.25, 0.3) is 0 Å². The lowest BCUT2D eigenvalue weighted by atomic mass is 10.0. The highest BCUT2D eigenvalue weighted by atomic mass is 79.9. The summed E-state index contributed by atoms with van der Waals surface area (Å²) in [6.45, 7) is 0. The minimum atomic E-state index is 0.504. The maximum Gasteiger partial charge on any atom is 0.186 e. The number of hydrogen-bond donors (Lipinski definition) is 2. The lowest BCUT2D eigenvalue weighted by molar-refractivity contribution is 0.682. The molecule has 108 valence electrons. The first-order valence-electron chi connectivity index (χ1n) is 7.22. The Morgan fingerprint density at radius 2 is 1.90 bits per heavy atom. The molecule has 0 saturated heterocycles. The van der Waals surface area contributed by atoms with Gasteiger partial charge in [0.05, 0.1) is 16.8 Å². The Kier molecular flexibility index (Phi) is 2.99. The lowest BCUT2D eigenvalue weighted by Gasteiger charge is -2.06. The second-order valence-electron chi connectivity index (χ2n) is 5.59. The molecule has 0 amide bonds. The number of nitrogens with two attached hydrogens (primary N) is 1. The van der Waals surface area contributed by atoms with Crippen LogP contribution in [0.3, 0.4) is 0 Å². The van der Waals surface area contributed by atoms with E-state index in [9.17, 15) is 0 Å². The minimum Gasteiger partial charge on any atom is -0.383 e. The number of anilines is 1. The Bertz CT molecular complexity index is 780. The smallest absolute Gasteiger partial charge is 0.186 e. The van der Waals surface area contributed by atoms with Crippen LogP contribution in [0.5, 0.6) is 0 Å². The summed E-state index contributed by atoms with van der Waals surface area (Å²) >= 11 is 3.46. The summed E-state index contributed by atoms with van der Waals surface area (Å²) < 4.78 is 2.94. The van der Waals surface area contributed by atoms with E-state index in [1.54, 1.807) is 0 Å². The predicted octanol–water partition coefficient (Wildman–Crippen LogP) is 3.75. The fourth-order valence-corrected chi connectivity index (χ4v) is 3.47. The molecule has 2 aromatic heterocycles. The fourth-order valence-electron chi connectivity index (χ4n) is 3.20. The number of aromatic amines is 1. The van der Waals surface area contributed by atoms with Crippen LogP contribution in [0.2, 0.25) is 0 Å². The van der Waals surface area contributed by atoms with Crippen molar-refractivity contribution < 1.29 is 0 Å². The van der Waals surface area contributed by atoms with Crippen LogP contribution in [-0.4, -0.2) is 20.0 Å². The van der Waals surface area contributed by atoms with E-state index in [2.05, 4.69) is 26.1 Å². The average Bonchev–Trinajstić information content (AvgIpc) is 3.18. The van der Waals surface area contributed by atoms with Gasteiger partial charge in [0.15, 0.2) is 5.65 Å². The molecular formula is C15H16BrN5. The van der Waals surface area contributed by atoms with Crippen molar-refractivity contribution in [1.29, 1.82) is 0 Å². The molecule has 4 rings (SSSR count). The number of halogens is 1. The Balaban J connectivity index is 1.91. The van der Waals surface area contributed by atoms with Crippen LogP contribution >= 0.6 is 15.9 Å². The van der Waals surface area contributed by atoms with Crippen molar-refractivity contribution in [2.75, 3.05) is 5.73 Å². The van der Waals surface area contributed by atoms with E-state index in [0.717, 1.165) is 26.9 Å². The topological polar surface area (TPSA) is 72.5 Å². The SMILES string of the molecule is Nc1[nH]nc2c1c(C1CCCC1)nn2-c1ccc(Br)cc1. The number of fused-ring (bicyclic) bond motifs is 1. The first-order chi connectivity index (χ1) is 10.2. The van der Waals surface area contributed by atoms with Crippen molar-refractivity contribution in [3.05, 3.63) is 34.4 Å². The van der Waals surface area contributed by atoms with E-state index < -0.39 is 0 Å². The van der Waals surface area contributed by atoms with Crippen LogP contribution in [0.4, 0.5) is 5.82 Å². The van der Waals surface area contributed by atoms with Gasteiger partial charge in [-0.3, -0.25) is 5.10 Å².